The minimum Gasteiger partial charge on any atom is -0.380 e. The number of carbonyl (C=O) groups excluding carboxylic acids is 1. The zero-order chi connectivity index (χ0) is 18.3. The molecular weight excluding hydrogens is 357 g/mol. The van der Waals surface area contributed by atoms with Crippen LogP contribution >= 0.6 is 11.3 Å². The fraction of sp³-hybridized carbons (Fsp3) is 0.353. The van der Waals surface area contributed by atoms with Gasteiger partial charge in [-0.05, 0) is 12.5 Å². The molecule has 0 spiro atoms. The van der Waals surface area contributed by atoms with Gasteiger partial charge < -0.3 is 21.1 Å². The summed E-state index contributed by atoms with van der Waals surface area (Å²) in [5, 5.41) is 16.5. The van der Waals surface area contributed by atoms with Crippen LogP contribution in [0.2, 0.25) is 0 Å². The SMILES string of the molecule is N#Cc1csc(-c2nc(N[C@@H]3CCOC[C@@H]3N)c(F)c3c2C(=O)NC3)c1. The Morgan fingerprint density at radius 3 is 3.12 bits per heavy atom. The lowest BCUT2D eigenvalue weighted by Crippen LogP contribution is -2.48. The lowest BCUT2D eigenvalue weighted by atomic mass is 10.0. The van der Waals surface area contributed by atoms with Gasteiger partial charge in [-0.15, -0.1) is 11.3 Å². The standard InChI is InChI=1S/C17H16FN5O2S/c18-14-9-5-21-17(24)13(9)15(12-3-8(4-19)7-26-12)23-16(14)22-11-1-2-25-6-10(11)20/h3,7,10-11H,1-2,5-6,20H2,(H,21,24)(H,22,23)/t10-,11+/m0/s1. The third-order valence-corrected chi connectivity index (χ3v) is 5.51. The maximum absolute atomic E-state index is 15.0. The van der Waals surface area contributed by atoms with E-state index < -0.39 is 5.82 Å². The Hall–Kier alpha value is -2.54. The fourth-order valence-electron chi connectivity index (χ4n) is 3.19. The Balaban J connectivity index is 1.79. The number of fused-ring (bicyclic) bond motifs is 1. The highest BCUT2D eigenvalue weighted by molar-refractivity contribution is 7.13. The number of carbonyl (C=O) groups is 1. The first-order valence-electron chi connectivity index (χ1n) is 8.18. The van der Waals surface area contributed by atoms with Crippen LogP contribution in [0, 0.1) is 17.1 Å². The third kappa shape index (κ3) is 2.82. The largest absolute Gasteiger partial charge is 0.380 e. The summed E-state index contributed by atoms with van der Waals surface area (Å²) in [5.41, 5.74) is 7.42. The summed E-state index contributed by atoms with van der Waals surface area (Å²) < 4.78 is 20.3. The van der Waals surface area contributed by atoms with E-state index in [-0.39, 0.29) is 41.5 Å². The van der Waals surface area contributed by atoms with Crippen LogP contribution in [0.4, 0.5) is 10.2 Å². The number of nitrogens with zero attached hydrogens (tertiary/aromatic N) is 2. The van der Waals surface area contributed by atoms with Crippen LogP contribution in [0.25, 0.3) is 10.6 Å². The van der Waals surface area contributed by atoms with Crippen LogP contribution in [-0.2, 0) is 11.3 Å². The summed E-state index contributed by atoms with van der Waals surface area (Å²) in [6.07, 6.45) is 0.642. The van der Waals surface area contributed by atoms with Crippen LogP contribution in [-0.4, -0.2) is 36.2 Å². The molecule has 0 radical (unpaired) electrons. The van der Waals surface area contributed by atoms with Gasteiger partial charge in [-0.25, -0.2) is 9.37 Å². The molecule has 0 aromatic carbocycles. The first kappa shape index (κ1) is 16.9. The Bertz CT molecular complexity index is 923. The average molecular weight is 373 g/mol. The van der Waals surface area contributed by atoms with Crippen molar-refractivity contribution in [3.63, 3.8) is 0 Å². The van der Waals surface area contributed by atoms with Crippen molar-refractivity contribution in [2.75, 3.05) is 18.5 Å². The Morgan fingerprint density at radius 2 is 2.38 bits per heavy atom. The third-order valence-electron chi connectivity index (χ3n) is 4.57. The number of rotatable bonds is 3. The molecule has 0 bridgehead atoms. The van der Waals surface area contributed by atoms with Gasteiger partial charge in [0, 0.05) is 36.2 Å². The van der Waals surface area contributed by atoms with Crippen LogP contribution in [0.1, 0.15) is 27.9 Å². The van der Waals surface area contributed by atoms with Crippen LogP contribution in [0.15, 0.2) is 11.4 Å². The molecule has 9 heteroatoms. The molecule has 4 rings (SSSR count). The van der Waals surface area contributed by atoms with E-state index in [2.05, 4.69) is 21.7 Å². The molecule has 0 saturated carbocycles. The van der Waals surface area contributed by atoms with Crippen molar-refractivity contribution >= 4 is 23.1 Å². The number of halogens is 1. The molecule has 1 amide bonds. The van der Waals surface area contributed by atoms with Gasteiger partial charge in [0.1, 0.15) is 6.07 Å². The molecular formula is C17H16FN5O2S. The van der Waals surface area contributed by atoms with E-state index in [0.29, 0.717) is 35.8 Å². The second-order valence-electron chi connectivity index (χ2n) is 6.25. The zero-order valence-corrected chi connectivity index (χ0v) is 14.5. The van der Waals surface area contributed by atoms with Crippen molar-refractivity contribution in [2.45, 2.75) is 25.0 Å². The van der Waals surface area contributed by atoms with Gasteiger partial charge in [0.2, 0.25) is 0 Å². The van der Waals surface area contributed by atoms with Gasteiger partial charge in [-0.1, -0.05) is 0 Å². The molecule has 0 unspecified atom stereocenters. The van der Waals surface area contributed by atoms with Crippen LogP contribution in [0.5, 0.6) is 0 Å². The van der Waals surface area contributed by atoms with E-state index >= 15 is 0 Å². The highest BCUT2D eigenvalue weighted by Crippen LogP contribution is 2.36. The molecule has 2 aliphatic heterocycles. The van der Waals surface area contributed by atoms with Gasteiger partial charge in [0.05, 0.1) is 28.3 Å². The quantitative estimate of drug-likeness (QED) is 0.753. The molecule has 2 aliphatic rings. The zero-order valence-electron chi connectivity index (χ0n) is 13.7. The lowest BCUT2D eigenvalue weighted by molar-refractivity contribution is 0.0751. The molecule has 0 aliphatic carbocycles. The van der Waals surface area contributed by atoms with E-state index in [1.54, 1.807) is 11.4 Å². The van der Waals surface area contributed by atoms with Crippen molar-refractivity contribution in [1.29, 1.82) is 5.26 Å². The lowest BCUT2D eigenvalue weighted by Gasteiger charge is -2.30. The van der Waals surface area contributed by atoms with Gasteiger partial charge in [0.15, 0.2) is 11.6 Å². The number of amides is 1. The number of aromatic nitrogens is 1. The van der Waals surface area contributed by atoms with Crippen molar-refractivity contribution in [2.24, 2.45) is 5.73 Å². The number of pyridine rings is 1. The molecule has 2 aromatic heterocycles. The number of ether oxygens (including phenoxy) is 1. The molecule has 26 heavy (non-hydrogen) atoms. The number of thiophene rings is 1. The number of hydrogen-bond donors (Lipinski definition) is 3. The molecule has 7 nitrogen and oxygen atoms in total. The molecule has 134 valence electrons. The van der Waals surface area contributed by atoms with E-state index in [4.69, 9.17) is 15.7 Å². The first-order chi connectivity index (χ1) is 12.6. The van der Waals surface area contributed by atoms with Crippen molar-refractivity contribution in [3.05, 3.63) is 34.0 Å². The summed E-state index contributed by atoms with van der Waals surface area (Å²) in [5.74, 6) is -0.829. The number of nitriles is 1. The summed E-state index contributed by atoms with van der Waals surface area (Å²) in [6.45, 7) is 1.05. The van der Waals surface area contributed by atoms with E-state index in [0.717, 1.165) is 0 Å². The molecule has 1 saturated heterocycles. The Labute approximate surface area is 153 Å². The fourth-order valence-corrected chi connectivity index (χ4v) is 4.02. The predicted molar refractivity (Wildman–Crippen MR) is 94.2 cm³/mol. The van der Waals surface area contributed by atoms with Crippen molar-refractivity contribution in [3.8, 4) is 16.6 Å². The molecule has 4 heterocycles. The predicted octanol–water partition coefficient (Wildman–Crippen LogP) is 1.59. The number of nitrogens with one attached hydrogen (secondary N) is 2. The molecule has 2 aromatic rings. The Kier molecular flexibility index (Phi) is 4.32. The summed E-state index contributed by atoms with van der Waals surface area (Å²) in [4.78, 5) is 17.3. The molecule has 2 atom stereocenters. The van der Waals surface area contributed by atoms with Crippen molar-refractivity contribution < 1.29 is 13.9 Å². The topological polar surface area (TPSA) is 113 Å². The van der Waals surface area contributed by atoms with Gasteiger partial charge in [-0.3, -0.25) is 4.79 Å². The average Bonchev–Trinajstić information content (AvgIpc) is 3.27. The second-order valence-corrected chi connectivity index (χ2v) is 7.16. The first-order valence-corrected chi connectivity index (χ1v) is 9.06. The van der Waals surface area contributed by atoms with E-state index in [1.165, 1.54) is 11.3 Å². The normalized spacial score (nSPS) is 21.8. The number of hydrogen-bond acceptors (Lipinski definition) is 7. The summed E-state index contributed by atoms with van der Waals surface area (Å²) in [7, 11) is 0. The van der Waals surface area contributed by atoms with Gasteiger partial charge >= 0.3 is 0 Å². The molecule has 1 fully saturated rings. The smallest absolute Gasteiger partial charge is 0.254 e. The monoisotopic (exact) mass is 373 g/mol. The maximum atomic E-state index is 15.0. The second kappa shape index (κ2) is 6.64. The van der Waals surface area contributed by atoms with Crippen molar-refractivity contribution in [1.82, 2.24) is 10.3 Å². The number of nitrogens with two attached hydrogens (primary N) is 1. The summed E-state index contributed by atoms with van der Waals surface area (Å²) >= 11 is 1.30. The van der Waals surface area contributed by atoms with E-state index in [9.17, 15) is 9.18 Å². The van der Waals surface area contributed by atoms with Gasteiger partial charge in [0.25, 0.3) is 5.91 Å². The Morgan fingerprint density at radius 1 is 1.54 bits per heavy atom. The minimum absolute atomic E-state index is 0.0736. The highest BCUT2D eigenvalue weighted by Gasteiger charge is 2.32. The van der Waals surface area contributed by atoms with Gasteiger partial charge in [-0.2, -0.15) is 5.26 Å². The van der Waals surface area contributed by atoms with Crippen LogP contribution < -0.4 is 16.4 Å². The number of anilines is 1. The molecule has 4 N–H and O–H groups in total. The summed E-state index contributed by atoms with van der Waals surface area (Å²) in [6, 6.07) is 3.27. The highest BCUT2D eigenvalue weighted by atomic mass is 32.1. The minimum atomic E-state index is -0.544. The maximum Gasteiger partial charge on any atom is 0.254 e. The van der Waals surface area contributed by atoms with Crippen LogP contribution in [0.3, 0.4) is 0 Å². The van der Waals surface area contributed by atoms with E-state index in [1.807, 2.05) is 0 Å².